The maximum absolute atomic E-state index is 12.7. The van der Waals surface area contributed by atoms with E-state index in [9.17, 15) is 4.79 Å². The molecular formula is C21H22BrN3O2S. The van der Waals surface area contributed by atoms with Gasteiger partial charge in [0.2, 0.25) is 0 Å². The Morgan fingerprint density at radius 3 is 2.79 bits per heavy atom. The van der Waals surface area contributed by atoms with Gasteiger partial charge in [-0.2, -0.15) is 5.26 Å². The summed E-state index contributed by atoms with van der Waals surface area (Å²) in [4.78, 5) is 12.7. The van der Waals surface area contributed by atoms with E-state index < -0.39 is 0 Å². The summed E-state index contributed by atoms with van der Waals surface area (Å²) < 4.78 is 6.58. The van der Waals surface area contributed by atoms with Crippen LogP contribution in [0.3, 0.4) is 0 Å². The Balaban J connectivity index is 2.01. The smallest absolute Gasteiger partial charge is 0.261 e. The third kappa shape index (κ3) is 6.95. The zero-order valence-electron chi connectivity index (χ0n) is 15.6. The number of ether oxygens (including phenoxy) is 1. The van der Waals surface area contributed by atoms with Gasteiger partial charge in [0.25, 0.3) is 5.91 Å². The molecule has 2 rings (SSSR count). The van der Waals surface area contributed by atoms with E-state index in [4.69, 9.17) is 22.2 Å². The quantitative estimate of drug-likeness (QED) is 0.407. The number of hydrogen-bond acceptors (Lipinski definition) is 4. The van der Waals surface area contributed by atoms with Crippen molar-refractivity contribution < 1.29 is 9.53 Å². The van der Waals surface area contributed by atoms with Gasteiger partial charge in [0.05, 0.1) is 23.8 Å². The summed E-state index contributed by atoms with van der Waals surface area (Å²) in [6, 6.07) is 14.2. The predicted molar refractivity (Wildman–Crippen MR) is 119 cm³/mol. The van der Waals surface area contributed by atoms with Crippen LogP contribution >= 0.6 is 28.1 Å². The minimum Gasteiger partial charge on any atom is -0.493 e. The molecule has 0 radical (unpaired) electrons. The fraction of sp³-hybridized carbons (Fsp3) is 0.286. The molecule has 2 aromatic rings. The van der Waals surface area contributed by atoms with Crippen LogP contribution in [0.5, 0.6) is 5.75 Å². The summed E-state index contributed by atoms with van der Waals surface area (Å²) >= 11 is 8.61. The predicted octanol–water partition coefficient (Wildman–Crippen LogP) is 5.41. The highest BCUT2D eigenvalue weighted by atomic mass is 79.9. The van der Waals surface area contributed by atoms with Gasteiger partial charge in [-0.15, -0.1) is 0 Å². The summed E-state index contributed by atoms with van der Waals surface area (Å²) in [5.41, 5.74) is 1.54. The number of carbonyl (C=O) groups is 1. The average Bonchev–Trinajstić information content (AvgIpc) is 2.68. The molecule has 28 heavy (non-hydrogen) atoms. The first-order chi connectivity index (χ1) is 13.5. The van der Waals surface area contributed by atoms with Gasteiger partial charge in [0.15, 0.2) is 5.11 Å². The van der Waals surface area contributed by atoms with E-state index in [1.54, 1.807) is 36.4 Å². The van der Waals surface area contributed by atoms with Crippen molar-refractivity contribution in [2.45, 2.75) is 32.6 Å². The first-order valence-electron chi connectivity index (χ1n) is 9.08. The summed E-state index contributed by atoms with van der Waals surface area (Å²) in [5, 5.41) is 14.7. The van der Waals surface area contributed by atoms with Gasteiger partial charge in [-0.25, -0.2) is 0 Å². The Morgan fingerprint density at radius 2 is 2.04 bits per heavy atom. The summed E-state index contributed by atoms with van der Waals surface area (Å²) in [5.74, 6) is 0.158. The highest BCUT2D eigenvalue weighted by Gasteiger charge is 2.15. The van der Waals surface area contributed by atoms with E-state index in [1.807, 2.05) is 6.07 Å². The van der Waals surface area contributed by atoms with E-state index >= 15 is 0 Å². The number of nitriles is 1. The number of thiocarbonyl (C=S) groups is 1. The SMILES string of the molecule is CCCCCCOc1ccc(Br)cc1C(=O)NC(=S)Nc1cccc(C#N)c1. The molecule has 0 heterocycles. The number of nitrogens with zero attached hydrogens (tertiary/aromatic N) is 1. The fourth-order valence-corrected chi connectivity index (χ4v) is 3.09. The highest BCUT2D eigenvalue weighted by Crippen LogP contribution is 2.24. The number of nitrogens with one attached hydrogen (secondary N) is 2. The molecule has 0 atom stereocenters. The fourth-order valence-electron chi connectivity index (χ4n) is 2.52. The molecular weight excluding hydrogens is 438 g/mol. The molecule has 0 saturated carbocycles. The maximum Gasteiger partial charge on any atom is 0.261 e. The molecule has 0 saturated heterocycles. The molecule has 0 unspecified atom stereocenters. The average molecular weight is 460 g/mol. The molecule has 2 aromatic carbocycles. The number of carbonyl (C=O) groups excluding carboxylic acids is 1. The number of unbranched alkanes of at least 4 members (excludes halogenated alkanes) is 3. The second-order valence-corrected chi connectivity index (χ2v) is 7.47. The van der Waals surface area contributed by atoms with Crippen molar-refractivity contribution >= 4 is 44.9 Å². The lowest BCUT2D eigenvalue weighted by Crippen LogP contribution is -2.34. The molecule has 2 N–H and O–H groups in total. The van der Waals surface area contributed by atoms with Gasteiger partial charge in [-0.3, -0.25) is 10.1 Å². The molecule has 1 amide bonds. The molecule has 0 bridgehead atoms. The van der Waals surface area contributed by atoms with Gasteiger partial charge in [0.1, 0.15) is 5.75 Å². The lowest BCUT2D eigenvalue weighted by Gasteiger charge is -2.13. The maximum atomic E-state index is 12.7. The van der Waals surface area contributed by atoms with Crippen LogP contribution in [0.4, 0.5) is 5.69 Å². The first-order valence-corrected chi connectivity index (χ1v) is 10.3. The second kappa shape index (κ2) is 11.4. The van der Waals surface area contributed by atoms with Gasteiger partial charge in [-0.05, 0) is 55.0 Å². The zero-order chi connectivity index (χ0) is 20.4. The van der Waals surface area contributed by atoms with E-state index in [0.29, 0.717) is 29.2 Å². The minimum atomic E-state index is -0.362. The van der Waals surface area contributed by atoms with Crippen molar-refractivity contribution in [3.63, 3.8) is 0 Å². The van der Waals surface area contributed by atoms with Crippen LogP contribution in [0.25, 0.3) is 0 Å². The number of benzene rings is 2. The number of hydrogen-bond donors (Lipinski definition) is 2. The van der Waals surface area contributed by atoms with Gasteiger partial charge in [0, 0.05) is 10.2 Å². The second-order valence-electron chi connectivity index (χ2n) is 6.15. The van der Waals surface area contributed by atoms with E-state index in [0.717, 1.165) is 23.7 Å². The van der Waals surface area contributed by atoms with Crippen molar-refractivity contribution in [1.29, 1.82) is 5.26 Å². The van der Waals surface area contributed by atoms with Gasteiger partial charge >= 0.3 is 0 Å². The Hall–Kier alpha value is -2.43. The normalized spacial score (nSPS) is 10.0. The number of halogens is 1. The zero-order valence-corrected chi connectivity index (χ0v) is 18.0. The third-order valence-electron chi connectivity index (χ3n) is 3.92. The molecule has 146 valence electrons. The van der Waals surface area contributed by atoms with Crippen molar-refractivity contribution in [1.82, 2.24) is 5.32 Å². The van der Waals surface area contributed by atoms with Crippen LogP contribution in [-0.4, -0.2) is 17.6 Å². The number of rotatable bonds is 8. The molecule has 0 spiro atoms. The Labute approximate surface area is 179 Å². The lowest BCUT2D eigenvalue weighted by atomic mass is 10.2. The topological polar surface area (TPSA) is 74.2 Å². The molecule has 0 aliphatic heterocycles. The van der Waals surface area contributed by atoms with E-state index in [2.05, 4.69) is 39.6 Å². The first kappa shape index (κ1) is 21.9. The van der Waals surface area contributed by atoms with Crippen molar-refractivity contribution in [3.8, 4) is 11.8 Å². The standard InChI is InChI=1S/C21H22BrN3O2S/c1-2-3-4-5-11-27-19-10-9-16(22)13-18(19)20(26)25-21(28)24-17-8-6-7-15(12-17)14-23/h6-10,12-13H,2-5,11H2,1H3,(H2,24,25,26,28). The monoisotopic (exact) mass is 459 g/mol. The number of anilines is 1. The van der Waals surface area contributed by atoms with Crippen molar-refractivity contribution in [2.24, 2.45) is 0 Å². The third-order valence-corrected chi connectivity index (χ3v) is 4.62. The van der Waals surface area contributed by atoms with Crippen LogP contribution in [0.2, 0.25) is 0 Å². The molecule has 5 nitrogen and oxygen atoms in total. The van der Waals surface area contributed by atoms with Crippen LogP contribution in [-0.2, 0) is 0 Å². The molecule has 7 heteroatoms. The van der Waals surface area contributed by atoms with Crippen LogP contribution in [0.15, 0.2) is 46.9 Å². The Kier molecular flexibility index (Phi) is 8.92. The summed E-state index contributed by atoms with van der Waals surface area (Å²) in [6.07, 6.45) is 4.38. The highest BCUT2D eigenvalue weighted by molar-refractivity contribution is 9.10. The molecule has 0 aliphatic rings. The van der Waals surface area contributed by atoms with E-state index in [1.165, 1.54) is 6.42 Å². The van der Waals surface area contributed by atoms with Crippen LogP contribution in [0, 0.1) is 11.3 Å². The Bertz CT molecular complexity index is 880. The van der Waals surface area contributed by atoms with Crippen LogP contribution in [0.1, 0.15) is 48.5 Å². The molecule has 0 fully saturated rings. The minimum absolute atomic E-state index is 0.147. The van der Waals surface area contributed by atoms with Crippen molar-refractivity contribution in [2.75, 3.05) is 11.9 Å². The van der Waals surface area contributed by atoms with Gasteiger partial charge in [-0.1, -0.05) is 48.2 Å². The van der Waals surface area contributed by atoms with Crippen molar-refractivity contribution in [3.05, 3.63) is 58.1 Å². The summed E-state index contributed by atoms with van der Waals surface area (Å²) in [6.45, 7) is 2.72. The molecule has 0 aromatic heterocycles. The van der Waals surface area contributed by atoms with E-state index in [-0.39, 0.29) is 11.0 Å². The van der Waals surface area contributed by atoms with Crippen LogP contribution < -0.4 is 15.4 Å². The van der Waals surface area contributed by atoms with Gasteiger partial charge < -0.3 is 10.1 Å². The number of amides is 1. The summed E-state index contributed by atoms with van der Waals surface area (Å²) in [7, 11) is 0. The largest absolute Gasteiger partial charge is 0.493 e. The molecule has 0 aliphatic carbocycles. The lowest BCUT2D eigenvalue weighted by molar-refractivity contribution is 0.0973. The Morgan fingerprint density at radius 1 is 1.21 bits per heavy atom.